The molecule has 0 aliphatic heterocycles. The van der Waals surface area contributed by atoms with Crippen molar-refractivity contribution in [3.05, 3.63) is 109 Å². The van der Waals surface area contributed by atoms with Crippen molar-refractivity contribution in [2.75, 3.05) is 37.8 Å². The summed E-state index contributed by atoms with van der Waals surface area (Å²) in [7, 11) is 3.95. The van der Waals surface area contributed by atoms with E-state index in [1.807, 2.05) is 55.4 Å². The van der Waals surface area contributed by atoms with Gasteiger partial charge >= 0.3 is 0 Å². The van der Waals surface area contributed by atoms with Crippen LogP contribution in [0.15, 0.2) is 91.4 Å². The first kappa shape index (κ1) is 30.6. The molecule has 0 spiro atoms. The van der Waals surface area contributed by atoms with Gasteiger partial charge in [0.05, 0.1) is 29.5 Å². The molecule has 3 aromatic carbocycles. The number of H-pyrrole nitrogens is 2. The SMILES string of the molecule is CN(C)CCNc1cc(F)cc(-c2nccc3[nH]c(-c4[nH]nc5c(F)cc(-c6cncc(NC(=O)Cc7ccccc7)c6)cc45)nc23)c1. The lowest BCUT2D eigenvalue weighted by Gasteiger charge is -2.12. The summed E-state index contributed by atoms with van der Waals surface area (Å²) in [5.41, 5.74) is 6.05. The van der Waals surface area contributed by atoms with Crippen molar-refractivity contribution >= 4 is 39.2 Å². The minimum absolute atomic E-state index is 0.145. The van der Waals surface area contributed by atoms with Gasteiger partial charge in [0.1, 0.15) is 22.5 Å². The topological polar surface area (TPSA) is 128 Å². The Hall–Kier alpha value is -6.01. The molecule has 0 bridgehead atoms. The second-order valence-electron chi connectivity index (χ2n) is 11.7. The van der Waals surface area contributed by atoms with Crippen LogP contribution in [-0.2, 0) is 11.2 Å². The van der Waals surface area contributed by atoms with Gasteiger partial charge in [-0.2, -0.15) is 5.10 Å². The molecule has 0 aliphatic rings. The highest BCUT2D eigenvalue weighted by Gasteiger charge is 2.19. The number of nitrogens with zero attached hydrogens (tertiary/aromatic N) is 5. The Kier molecular flexibility index (Phi) is 8.30. The van der Waals surface area contributed by atoms with E-state index in [4.69, 9.17) is 4.98 Å². The van der Waals surface area contributed by atoms with Gasteiger partial charge in [-0.15, -0.1) is 0 Å². The number of fused-ring (bicyclic) bond motifs is 2. The van der Waals surface area contributed by atoms with Gasteiger partial charge < -0.3 is 20.5 Å². The van der Waals surface area contributed by atoms with Crippen molar-refractivity contribution in [3.8, 4) is 33.9 Å². The number of hydrogen-bond donors (Lipinski definition) is 4. The lowest BCUT2D eigenvalue weighted by atomic mass is 10.0. The first-order valence-electron chi connectivity index (χ1n) is 15.3. The highest BCUT2D eigenvalue weighted by molar-refractivity contribution is 5.98. The zero-order valence-electron chi connectivity index (χ0n) is 26.2. The van der Waals surface area contributed by atoms with Crippen LogP contribution in [-0.4, -0.2) is 68.1 Å². The van der Waals surface area contributed by atoms with Crippen molar-refractivity contribution < 1.29 is 13.6 Å². The fourth-order valence-electron chi connectivity index (χ4n) is 5.59. The Balaban J connectivity index is 1.20. The maximum Gasteiger partial charge on any atom is 0.228 e. The fourth-order valence-corrected chi connectivity index (χ4v) is 5.59. The number of aromatic nitrogens is 6. The van der Waals surface area contributed by atoms with Gasteiger partial charge in [0.25, 0.3) is 0 Å². The van der Waals surface area contributed by atoms with E-state index < -0.39 is 11.6 Å². The Morgan fingerprint density at radius 3 is 2.56 bits per heavy atom. The maximum atomic E-state index is 15.5. The van der Waals surface area contributed by atoms with E-state index in [0.717, 1.165) is 12.1 Å². The van der Waals surface area contributed by atoms with E-state index in [1.165, 1.54) is 18.2 Å². The summed E-state index contributed by atoms with van der Waals surface area (Å²) in [6, 6.07) is 20.9. The van der Waals surface area contributed by atoms with E-state index in [9.17, 15) is 9.18 Å². The predicted molar refractivity (Wildman–Crippen MR) is 183 cm³/mol. The van der Waals surface area contributed by atoms with Crippen LogP contribution >= 0.6 is 0 Å². The van der Waals surface area contributed by atoms with Gasteiger partial charge in [-0.05, 0) is 67.7 Å². The van der Waals surface area contributed by atoms with Crippen LogP contribution in [0.25, 0.3) is 55.8 Å². The molecule has 0 atom stereocenters. The third kappa shape index (κ3) is 6.46. The van der Waals surface area contributed by atoms with Gasteiger partial charge in [0, 0.05) is 47.7 Å². The standard InChI is InChI=1S/C36H31F2N9O/c1-47(2)11-10-40-26-14-23(13-25(37)18-26)32-35-30(8-9-41-32)43-36(44-35)34-28-16-22(17-29(38)33(28)45-46-34)24-15-27(20-39-19-24)42-31(48)12-21-6-4-3-5-7-21/h3-9,13-20,40H,10-12H2,1-2H3,(H,42,48)(H,43,44)(H,45,46). The largest absolute Gasteiger partial charge is 0.384 e. The number of pyridine rings is 2. The summed E-state index contributed by atoms with van der Waals surface area (Å²) in [4.78, 5) is 31.6. The number of carbonyl (C=O) groups excluding carboxylic acids is 1. The minimum atomic E-state index is -0.531. The average molecular weight is 644 g/mol. The molecular weight excluding hydrogens is 612 g/mol. The Morgan fingerprint density at radius 1 is 0.896 bits per heavy atom. The molecule has 12 heteroatoms. The molecule has 4 N–H and O–H groups in total. The molecule has 0 saturated heterocycles. The maximum absolute atomic E-state index is 15.5. The molecule has 48 heavy (non-hydrogen) atoms. The summed E-state index contributed by atoms with van der Waals surface area (Å²) >= 11 is 0. The summed E-state index contributed by atoms with van der Waals surface area (Å²) in [5.74, 6) is -0.700. The molecule has 7 aromatic rings. The van der Waals surface area contributed by atoms with Crippen LogP contribution in [0.1, 0.15) is 5.56 Å². The average Bonchev–Trinajstić information content (AvgIpc) is 3.70. The van der Waals surface area contributed by atoms with Crippen molar-refractivity contribution in [1.82, 2.24) is 35.0 Å². The van der Waals surface area contributed by atoms with E-state index in [0.29, 0.717) is 68.2 Å². The quantitative estimate of drug-likeness (QED) is 0.131. The number of rotatable bonds is 10. The second-order valence-corrected chi connectivity index (χ2v) is 11.7. The number of amides is 1. The third-order valence-corrected chi connectivity index (χ3v) is 7.87. The minimum Gasteiger partial charge on any atom is -0.384 e. The summed E-state index contributed by atoms with van der Waals surface area (Å²) in [5, 5.41) is 13.8. The van der Waals surface area contributed by atoms with E-state index in [1.54, 1.807) is 36.8 Å². The first-order chi connectivity index (χ1) is 23.3. The third-order valence-electron chi connectivity index (χ3n) is 7.87. The Bertz CT molecular complexity index is 2260. The number of likely N-dealkylation sites (N-methyl/N-ethyl adjacent to an activating group) is 1. The van der Waals surface area contributed by atoms with Crippen LogP contribution < -0.4 is 10.6 Å². The predicted octanol–water partition coefficient (Wildman–Crippen LogP) is 6.66. The Labute approximate surface area is 274 Å². The zero-order chi connectivity index (χ0) is 33.2. The second kappa shape index (κ2) is 13.0. The molecule has 0 aliphatic carbocycles. The number of carbonyl (C=O) groups is 1. The van der Waals surface area contributed by atoms with E-state index >= 15 is 4.39 Å². The van der Waals surface area contributed by atoms with E-state index in [-0.39, 0.29) is 17.8 Å². The summed E-state index contributed by atoms with van der Waals surface area (Å²) in [6.45, 7) is 1.44. The van der Waals surface area contributed by atoms with Crippen LogP contribution in [0, 0.1) is 11.6 Å². The highest BCUT2D eigenvalue weighted by Crippen LogP contribution is 2.34. The molecule has 1 amide bonds. The summed E-state index contributed by atoms with van der Waals surface area (Å²) < 4.78 is 30.2. The molecule has 0 saturated carbocycles. The Morgan fingerprint density at radius 2 is 1.73 bits per heavy atom. The lowest BCUT2D eigenvalue weighted by molar-refractivity contribution is -0.115. The summed E-state index contributed by atoms with van der Waals surface area (Å²) in [6.07, 6.45) is 5.00. The number of anilines is 2. The van der Waals surface area contributed by atoms with E-state index in [2.05, 4.69) is 35.8 Å². The molecule has 7 rings (SSSR count). The number of benzene rings is 3. The zero-order valence-corrected chi connectivity index (χ0v) is 26.2. The van der Waals surface area contributed by atoms with Gasteiger partial charge in [0.15, 0.2) is 11.6 Å². The number of halogens is 2. The van der Waals surface area contributed by atoms with Crippen molar-refractivity contribution in [2.45, 2.75) is 6.42 Å². The molecule has 0 unspecified atom stereocenters. The van der Waals surface area contributed by atoms with Gasteiger partial charge in [-0.25, -0.2) is 13.8 Å². The fraction of sp³-hybridized carbons (Fsp3) is 0.139. The number of aromatic amines is 2. The molecular formula is C36H31F2N9O. The van der Waals surface area contributed by atoms with Crippen LogP contribution in [0.3, 0.4) is 0 Å². The smallest absolute Gasteiger partial charge is 0.228 e. The normalized spacial score (nSPS) is 11.4. The number of nitrogens with one attached hydrogen (secondary N) is 4. The van der Waals surface area contributed by atoms with Gasteiger partial charge in [0.2, 0.25) is 5.91 Å². The molecule has 240 valence electrons. The highest BCUT2D eigenvalue weighted by atomic mass is 19.1. The van der Waals surface area contributed by atoms with Crippen molar-refractivity contribution in [1.29, 1.82) is 0 Å². The molecule has 4 heterocycles. The van der Waals surface area contributed by atoms with Gasteiger partial charge in [-0.1, -0.05) is 30.3 Å². The van der Waals surface area contributed by atoms with Crippen LogP contribution in [0.5, 0.6) is 0 Å². The van der Waals surface area contributed by atoms with Gasteiger partial charge in [-0.3, -0.25) is 19.9 Å². The lowest BCUT2D eigenvalue weighted by Crippen LogP contribution is -2.20. The van der Waals surface area contributed by atoms with Crippen molar-refractivity contribution in [2.24, 2.45) is 0 Å². The van der Waals surface area contributed by atoms with Crippen molar-refractivity contribution in [3.63, 3.8) is 0 Å². The van der Waals surface area contributed by atoms with Crippen LogP contribution in [0.4, 0.5) is 20.2 Å². The molecule has 10 nitrogen and oxygen atoms in total. The molecule has 0 radical (unpaired) electrons. The molecule has 4 aromatic heterocycles. The number of hydrogen-bond acceptors (Lipinski definition) is 7. The number of imidazole rings is 1. The first-order valence-corrected chi connectivity index (χ1v) is 15.3. The molecule has 0 fully saturated rings. The monoisotopic (exact) mass is 643 g/mol. The van der Waals surface area contributed by atoms with Crippen LogP contribution in [0.2, 0.25) is 0 Å².